The fourth-order valence-electron chi connectivity index (χ4n) is 1.71. The molecule has 1 fully saturated rings. The van der Waals surface area contributed by atoms with Crippen LogP contribution < -0.4 is 0 Å². The number of allylic oxidation sites excluding steroid dienone is 1. The zero-order valence-electron chi connectivity index (χ0n) is 10.1. The van der Waals surface area contributed by atoms with Crippen LogP contribution in [0.25, 0.3) is 0 Å². The summed E-state index contributed by atoms with van der Waals surface area (Å²) in [5, 5.41) is 0.888. The molecule has 2 atom stereocenters. The third-order valence-electron chi connectivity index (χ3n) is 2.38. The minimum Gasteiger partial charge on any atom is -0.257 e. The molecule has 2 heteroatoms. The molecule has 1 nitrogen and oxygen atoms in total. The maximum atomic E-state index is 3.36. The molecule has 0 aliphatic heterocycles. The third kappa shape index (κ3) is 6.50. The SMILES string of the molecule is C=CC.CC1CCCC[C@@H]1SN(C)C. The van der Waals surface area contributed by atoms with E-state index < -0.39 is 0 Å². The van der Waals surface area contributed by atoms with Gasteiger partial charge in [0.05, 0.1) is 0 Å². The van der Waals surface area contributed by atoms with Crippen LogP contribution in [0.1, 0.15) is 39.5 Å². The molecule has 0 aromatic rings. The maximum Gasteiger partial charge on any atom is 0.0220 e. The second kappa shape index (κ2) is 8.37. The van der Waals surface area contributed by atoms with Crippen LogP contribution in [0.15, 0.2) is 12.7 Å². The lowest BCUT2D eigenvalue weighted by Gasteiger charge is -2.29. The highest BCUT2D eigenvalue weighted by Crippen LogP contribution is 2.33. The molecule has 0 amide bonds. The maximum absolute atomic E-state index is 3.36. The molecule has 1 saturated carbocycles. The van der Waals surface area contributed by atoms with Gasteiger partial charge in [-0.25, -0.2) is 0 Å². The van der Waals surface area contributed by atoms with E-state index in [2.05, 4.69) is 31.9 Å². The van der Waals surface area contributed by atoms with Crippen LogP contribution >= 0.6 is 11.9 Å². The molecule has 1 aliphatic rings. The summed E-state index contributed by atoms with van der Waals surface area (Å²) in [6.45, 7) is 7.64. The molecular weight excluding hydrogens is 190 g/mol. The molecular formula is C12H25NS. The topological polar surface area (TPSA) is 3.24 Å². The van der Waals surface area contributed by atoms with Gasteiger partial charge in [-0.2, -0.15) is 0 Å². The summed E-state index contributed by atoms with van der Waals surface area (Å²) >= 11 is 2.02. The predicted molar refractivity (Wildman–Crippen MR) is 68.6 cm³/mol. The zero-order valence-corrected chi connectivity index (χ0v) is 10.9. The summed E-state index contributed by atoms with van der Waals surface area (Å²) in [5.74, 6) is 0.927. The van der Waals surface area contributed by atoms with E-state index in [0.29, 0.717) is 0 Å². The van der Waals surface area contributed by atoms with E-state index in [1.807, 2.05) is 18.9 Å². The second-order valence-electron chi connectivity index (χ2n) is 4.13. The van der Waals surface area contributed by atoms with Crippen LogP contribution in [-0.2, 0) is 0 Å². The molecule has 84 valence electrons. The van der Waals surface area contributed by atoms with Crippen molar-refractivity contribution in [2.24, 2.45) is 5.92 Å². The second-order valence-corrected chi connectivity index (χ2v) is 5.67. The average Bonchev–Trinajstić information content (AvgIpc) is 2.09. The Kier molecular flexibility index (Phi) is 8.40. The lowest BCUT2D eigenvalue weighted by Crippen LogP contribution is -2.22. The number of hydrogen-bond acceptors (Lipinski definition) is 2. The molecule has 0 bridgehead atoms. The van der Waals surface area contributed by atoms with Crippen LogP contribution in [-0.4, -0.2) is 23.7 Å². The number of rotatable bonds is 2. The minimum absolute atomic E-state index is 0.888. The van der Waals surface area contributed by atoms with Gasteiger partial charge in [0.15, 0.2) is 0 Å². The Morgan fingerprint density at radius 1 is 1.29 bits per heavy atom. The molecule has 0 radical (unpaired) electrons. The Morgan fingerprint density at radius 3 is 2.21 bits per heavy atom. The lowest BCUT2D eigenvalue weighted by molar-refractivity contribution is 0.393. The molecule has 14 heavy (non-hydrogen) atoms. The Labute approximate surface area is 94.1 Å². The van der Waals surface area contributed by atoms with Gasteiger partial charge in [-0.3, -0.25) is 4.31 Å². The monoisotopic (exact) mass is 215 g/mol. The van der Waals surface area contributed by atoms with Crippen LogP contribution in [0.3, 0.4) is 0 Å². The largest absolute Gasteiger partial charge is 0.257 e. The van der Waals surface area contributed by atoms with Gasteiger partial charge in [-0.1, -0.05) is 37.8 Å². The van der Waals surface area contributed by atoms with Crippen molar-refractivity contribution in [2.75, 3.05) is 14.1 Å². The molecule has 0 aromatic heterocycles. The van der Waals surface area contributed by atoms with Crippen molar-refractivity contribution in [3.63, 3.8) is 0 Å². The summed E-state index contributed by atoms with van der Waals surface area (Å²) in [5.41, 5.74) is 0. The fraction of sp³-hybridized carbons (Fsp3) is 0.833. The van der Waals surface area contributed by atoms with Gasteiger partial charge in [0.1, 0.15) is 0 Å². The summed E-state index contributed by atoms with van der Waals surface area (Å²) in [6.07, 6.45) is 7.50. The third-order valence-corrected chi connectivity index (χ3v) is 3.77. The van der Waals surface area contributed by atoms with E-state index in [9.17, 15) is 0 Å². The molecule has 1 aliphatic carbocycles. The zero-order chi connectivity index (χ0) is 11.0. The predicted octanol–water partition coefficient (Wildman–Crippen LogP) is 3.97. The van der Waals surface area contributed by atoms with Gasteiger partial charge in [-0.15, -0.1) is 6.58 Å². The van der Waals surface area contributed by atoms with E-state index in [1.165, 1.54) is 25.7 Å². The lowest BCUT2D eigenvalue weighted by atomic mass is 9.90. The van der Waals surface area contributed by atoms with Crippen molar-refractivity contribution in [1.29, 1.82) is 0 Å². The van der Waals surface area contributed by atoms with Gasteiger partial charge in [0, 0.05) is 5.25 Å². The molecule has 1 rings (SSSR count). The van der Waals surface area contributed by atoms with E-state index in [-0.39, 0.29) is 0 Å². The first-order chi connectivity index (χ1) is 6.61. The summed E-state index contributed by atoms with van der Waals surface area (Å²) in [7, 11) is 4.29. The van der Waals surface area contributed by atoms with Crippen LogP contribution in [0, 0.1) is 5.92 Å². The van der Waals surface area contributed by atoms with Gasteiger partial charge in [0.2, 0.25) is 0 Å². The van der Waals surface area contributed by atoms with Crippen molar-refractivity contribution < 1.29 is 0 Å². The van der Waals surface area contributed by atoms with E-state index >= 15 is 0 Å². The van der Waals surface area contributed by atoms with Crippen LogP contribution in [0.2, 0.25) is 0 Å². The number of hydrogen-bond donors (Lipinski definition) is 0. The van der Waals surface area contributed by atoms with E-state index in [0.717, 1.165) is 11.2 Å². The number of nitrogens with zero attached hydrogens (tertiary/aromatic N) is 1. The van der Waals surface area contributed by atoms with Gasteiger partial charge in [-0.05, 0) is 39.8 Å². The van der Waals surface area contributed by atoms with E-state index in [1.54, 1.807) is 6.08 Å². The molecule has 0 aromatic carbocycles. The van der Waals surface area contributed by atoms with Gasteiger partial charge in [0.25, 0.3) is 0 Å². The first-order valence-electron chi connectivity index (χ1n) is 5.53. The van der Waals surface area contributed by atoms with Gasteiger partial charge >= 0.3 is 0 Å². The summed E-state index contributed by atoms with van der Waals surface area (Å²) in [4.78, 5) is 0. The molecule has 0 N–H and O–H groups in total. The van der Waals surface area contributed by atoms with E-state index in [4.69, 9.17) is 0 Å². The highest BCUT2D eigenvalue weighted by Gasteiger charge is 2.22. The fourth-order valence-corrected chi connectivity index (χ4v) is 2.87. The van der Waals surface area contributed by atoms with Gasteiger partial charge < -0.3 is 0 Å². The first-order valence-corrected chi connectivity index (χ1v) is 6.36. The Bertz CT molecular complexity index is 145. The Morgan fingerprint density at radius 2 is 1.79 bits per heavy atom. The highest BCUT2D eigenvalue weighted by molar-refractivity contribution is 7.97. The smallest absolute Gasteiger partial charge is 0.0220 e. The quantitative estimate of drug-likeness (QED) is 0.506. The molecule has 0 heterocycles. The minimum atomic E-state index is 0.888. The standard InChI is InChI=1S/C9H19NS.C3H6/c1-8-6-4-5-7-9(8)11-10(2)3;1-3-2/h8-9H,4-7H2,1-3H3;3H,1H2,2H3/t8?,9-;/m0./s1. The molecule has 0 spiro atoms. The Balaban J connectivity index is 0.000000500. The average molecular weight is 215 g/mol. The Hall–Kier alpha value is 0.0500. The molecule has 0 saturated heterocycles. The van der Waals surface area contributed by atoms with Crippen LogP contribution in [0.5, 0.6) is 0 Å². The van der Waals surface area contributed by atoms with Crippen molar-refractivity contribution in [3.8, 4) is 0 Å². The highest BCUT2D eigenvalue weighted by atomic mass is 32.2. The van der Waals surface area contributed by atoms with Crippen molar-refractivity contribution in [3.05, 3.63) is 12.7 Å². The summed E-state index contributed by atoms with van der Waals surface area (Å²) < 4.78 is 2.24. The van der Waals surface area contributed by atoms with Crippen molar-refractivity contribution in [1.82, 2.24) is 4.31 Å². The first kappa shape index (κ1) is 14.1. The normalized spacial score (nSPS) is 26.6. The van der Waals surface area contributed by atoms with Crippen molar-refractivity contribution >= 4 is 11.9 Å². The van der Waals surface area contributed by atoms with Crippen LogP contribution in [0.4, 0.5) is 0 Å². The van der Waals surface area contributed by atoms with Crippen molar-refractivity contribution in [2.45, 2.75) is 44.8 Å². The summed E-state index contributed by atoms with van der Waals surface area (Å²) in [6, 6.07) is 0. The molecule has 1 unspecified atom stereocenters.